The first-order valence-electron chi connectivity index (χ1n) is 7.43. The van der Waals surface area contributed by atoms with Crippen molar-refractivity contribution in [2.24, 2.45) is 0 Å². The summed E-state index contributed by atoms with van der Waals surface area (Å²) in [7, 11) is 0. The molecule has 8 heteroatoms. The van der Waals surface area contributed by atoms with Crippen molar-refractivity contribution in [2.45, 2.75) is 12.5 Å². The summed E-state index contributed by atoms with van der Waals surface area (Å²) in [4.78, 5) is 29.5. The Morgan fingerprint density at radius 1 is 1.32 bits per heavy atom. The van der Waals surface area contributed by atoms with Gasteiger partial charge < -0.3 is 10.1 Å². The first-order valence-corrected chi connectivity index (χ1v) is 8.62. The van der Waals surface area contributed by atoms with E-state index in [9.17, 15) is 9.59 Å². The van der Waals surface area contributed by atoms with Crippen molar-refractivity contribution in [2.75, 3.05) is 10.6 Å². The van der Waals surface area contributed by atoms with Gasteiger partial charge in [0.1, 0.15) is 5.75 Å². The fourth-order valence-corrected chi connectivity index (χ4v) is 3.52. The summed E-state index contributed by atoms with van der Waals surface area (Å²) in [6, 6.07) is 12.3. The largest absolute Gasteiger partial charge is 0.466 e. The van der Waals surface area contributed by atoms with Gasteiger partial charge in [-0.15, -0.1) is 0 Å². The Hall–Kier alpha value is -2.64. The lowest BCUT2D eigenvalue weighted by atomic mass is 10.0. The van der Waals surface area contributed by atoms with Gasteiger partial charge >= 0.3 is 0 Å². The molecule has 0 fully saturated rings. The number of thiazole rings is 1. The van der Waals surface area contributed by atoms with Gasteiger partial charge in [-0.25, -0.2) is 4.98 Å². The molecule has 2 heterocycles. The monoisotopic (exact) mass is 373 g/mol. The average molecular weight is 374 g/mol. The molecular weight excluding hydrogens is 362 g/mol. The molecule has 0 bridgehead atoms. The molecule has 0 spiro atoms. The quantitative estimate of drug-likeness (QED) is 0.671. The van der Waals surface area contributed by atoms with Gasteiger partial charge in [-0.2, -0.15) is 0 Å². The number of halogens is 1. The highest BCUT2D eigenvalue weighted by Crippen LogP contribution is 2.36. The molecule has 2 amide bonds. The van der Waals surface area contributed by atoms with E-state index in [1.165, 1.54) is 18.3 Å². The van der Waals surface area contributed by atoms with E-state index in [0.717, 1.165) is 10.2 Å². The Morgan fingerprint density at radius 2 is 2.12 bits per heavy atom. The number of hydrogen-bond acceptors (Lipinski definition) is 5. The molecule has 2 aromatic carbocycles. The summed E-state index contributed by atoms with van der Waals surface area (Å²) < 4.78 is 6.63. The number of nitrogens with one attached hydrogen (secondary N) is 2. The summed E-state index contributed by atoms with van der Waals surface area (Å²) in [5.41, 5.74) is -0.497. The Balaban J connectivity index is 1.62. The zero-order chi connectivity index (χ0) is 17.6. The lowest BCUT2D eigenvalue weighted by Gasteiger charge is -2.33. The number of fused-ring (bicyclic) bond motifs is 2. The molecule has 3 aromatic rings. The highest BCUT2D eigenvalue weighted by molar-refractivity contribution is 7.22. The predicted molar refractivity (Wildman–Crippen MR) is 97.4 cm³/mol. The van der Waals surface area contributed by atoms with Crippen molar-refractivity contribution in [1.82, 2.24) is 4.98 Å². The van der Waals surface area contributed by atoms with Crippen molar-refractivity contribution < 1.29 is 14.3 Å². The molecule has 4 rings (SSSR count). The molecular formula is C17H12ClN3O3S. The van der Waals surface area contributed by atoms with Crippen molar-refractivity contribution in [3.8, 4) is 5.75 Å². The summed E-state index contributed by atoms with van der Waals surface area (Å²) in [5, 5.41) is 6.20. The van der Waals surface area contributed by atoms with Crippen LogP contribution in [0.5, 0.6) is 5.75 Å². The number of ether oxygens (including phenoxy) is 1. The zero-order valence-corrected chi connectivity index (χ0v) is 14.6. The van der Waals surface area contributed by atoms with Crippen LogP contribution in [0.2, 0.25) is 5.02 Å². The fourth-order valence-electron chi connectivity index (χ4n) is 2.49. The molecule has 0 saturated heterocycles. The summed E-state index contributed by atoms with van der Waals surface area (Å²) in [5.74, 6) is -0.781. The molecule has 0 saturated carbocycles. The average Bonchev–Trinajstić information content (AvgIpc) is 2.98. The molecule has 1 aliphatic rings. The van der Waals surface area contributed by atoms with Crippen molar-refractivity contribution in [1.29, 1.82) is 0 Å². The van der Waals surface area contributed by atoms with E-state index in [1.807, 2.05) is 24.3 Å². The smallest absolute Gasteiger partial charge is 0.280 e. The Morgan fingerprint density at radius 3 is 2.92 bits per heavy atom. The number of hydrogen-bond donors (Lipinski definition) is 2. The molecule has 0 aliphatic carbocycles. The van der Waals surface area contributed by atoms with Crippen molar-refractivity contribution in [3.63, 3.8) is 0 Å². The number of amides is 2. The van der Waals surface area contributed by atoms with Crippen LogP contribution in [0.15, 0.2) is 42.5 Å². The SMILES string of the molecule is CC1(C(=O)Nc2nc3ccccc3s2)Oc2ccc(Cl)cc2NC1=O. The molecule has 25 heavy (non-hydrogen) atoms. The van der Waals surface area contributed by atoms with E-state index in [1.54, 1.807) is 18.2 Å². The summed E-state index contributed by atoms with van der Waals surface area (Å²) in [6.45, 7) is 1.42. The minimum atomic E-state index is -1.71. The highest BCUT2D eigenvalue weighted by atomic mass is 35.5. The van der Waals surface area contributed by atoms with Crippen LogP contribution < -0.4 is 15.4 Å². The molecule has 0 radical (unpaired) electrons. The fraction of sp³-hybridized carbons (Fsp3) is 0.118. The number of aromatic nitrogens is 1. The Labute approximate surface area is 151 Å². The van der Waals surface area contributed by atoms with Gasteiger partial charge in [-0.3, -0.25) is 14.9 Å². The second-order valence-corrected chi connectivity index (χ2v) is 7.14. The first kappa shape index (κ1) is 15.9. The third-order valence-corrected chi connectivity index (χ3v) is 5.07. The predicted octanol–water partition coefficient (Wildman–Crippen LogP) is 3.68. The normalized spacial score (nSPS) is 19.0. The first-order chi connectivity index (χ1) is 12.0. The van der Waals surface area contributed by atoms with Gasteiger partial charge in [0.25, 0.3) is 17.4 Å². The van der Waals surface area contributed by atoms with Crippen LogP contribution in [-0.4, -0.2) is 22.4 Å². The standard InChI is InChI=1S/C17H12ClN3O3S/c1-17(14(22)19-11-8-9(18)6-7-12(11)24-17)15(23)21-16-20-10-4-2-3-5-13(10)25-16/h2-8H,1H3,(H,19,22)(H,20,21,23). The molecule has 1 aliphatic heterocycles. The van der Waals surface area contributed by atoms with Gasteiger partial charge in [0.15, 0.2) is 5.13 Å². The maximum absolute atomic E-state index is 12.7. The van der Waals surface area contributed by atoms with Gasteiger partial charge in [0, 0.05) is 5.02 Å². The number of carbonyl (C=O) groups is 2. The van der Waals surface area contributed by atoms with Gasteiger partial charge in [0.05, 0.1) is 15.9 Å². The van der Waals surface area contributed by atoms with Crippen molar-refractivity contribution >= 4 is 55.8 Å². The van der Waals surface area contributed by atoms with Gasteiger partial charge in [-0.1, -0.05) is 35.1 Å². The van der Waals surface area contributed by atoms with E-state index in [0.29, 0.717) is 21.6 Å². The second kappa shape index (κ2) is 5.72. The van der Waals surface area contributed by atoms with Crippen LogP contribution in [0.1, 0.15) is 6.92 Å². The van der Waals surface area contributed by atoms with Crippen LogP contribution in [0, 0.1) is 0 Å². The lowest BCUT2D eigenvalue weighted by molar-refractivity contribution is -0.143. The maximum atomic E-state index is 12.7. The van der Waals surface area contributed by atoms with E-state index < -0.39 is 17.4 Å². The number of para-hydroxylation sites is 1. The Kier molecular flexibility index (Phi) is 3.63. The minimum Gasteiger partial charge on any atom is -0.466 e. The highest BCUT2D eigenvalue weighted by Gasteiger charge is 2.47. The molecule has 1 unspecified atom stereocenters. The van der Waals surface area contributed by atoms with E-state index >= 15 is 0 Å². The summed E-state index contributed by atoms with van der Waals surface area (Å²) >= 11 is 7.24. The van der Waals surface area contributed by atoms with Crippen LogP contribution >= 0.6 is 22.9 Å². The van der Waals surface area contributed by atoms with Crippen LogP contribution in [0.25, 0.3) is 10.2 Å². The van der Waals surface area contributed by atoms with Gasteiger partial charge in [0.2, 0.25) is 0 Å². The van der Waals surface area contributed by atoms with Crippen LogP contribution in [-0.2, 0) is 9.59 Å². The topological polar surface area (TPSA) is 80.3 Å². The molecule has 126 valence electrons. The second-order valence-electron chi connectivity index (χ2n) is 5.67. The van der Waals surface area contributed by atoms with E-state index in [-0.39, 0.29) is 0 Å². The lowest BCUT2D eigenvalue weighted by Crippen LogP contribution is -2.56. The molecule has 1 atom stereocenters. The Bertz CT molecular complexity index is 986. The van der Waals surface area contributed by atoms with Crippen LogP contribution in [0.4, 0.5) is 10.8 Å². The van der Waals surface area contributed by atoms with Crippen molar-refractivity contribution in [3.05, 3.63) is 47.5 Å². The van der Waals surface area contributed by atoms with E-state index in [2.05, 4.69) is 15.6 Å². The zero-order valence-electron chi connectivity index (χ0n) is 13.0. The summed E-state index contributed by atoms with van der Waals surface area (Å²) in [6.07, 6.45) is 0. The minimum absolute atomic E-state index is 0.381. The number of rotatable bonds is 2. The number of carbonyl (C=O) groups excluding carboxylic acids is 2. The van der Waals surface area contributed by atoms with Gasteiger partial charge in [-0.05, 0) is 37.3 Å². The maximum Gasteiger partial charge on any atom is 0.280 e. The van der Waals surface area contributed by atoms with E-state index in [4.69, 9.17) is 16.3 Å². The number of benzene rings is 2. The molecule has 2 N–H and O–H groups in total. The third kappa shape index (κ3) is 2.71. The number of anilines is 2. The third-order valence-electron chi connectivity index (χ3n) is 3.88. The molecule has 1 aromatic heterocycles. The van der Waals surface area contributed by atoms with Crippen LogP contribution in [0.3, 0.4) is 0 Å². The number of nitrogens with zero attached hydrogens (tertiary/aromatic N) is 1. The molecule has 6 nitrogen and oxygen atoms in total.